The summed E-state index contributed by atoms with van der Waals surface area (Å²) in [7, 11) is -3.50. The van der Waals surface area contributed by atoms with Crippen molar-refractivity contribution in [3.8, 4) is 0 Å². The zero-order valence-corrected chi connectivity index (χ0v) is 21.0. The van der Waals surface area contributed by atoms with Crippen LogP contribution >= 0.6 is 0 Å². The molecule has 184 valence electrons. The van der Waals surface area contributed by atoms with Crippen molar-refractivity contribution in [2.75, 3.05) is 6.54 Å². The summed E-state index contributed by atoms with van der Waals surface area (Å²) in [6.45, 7) is 6.71. The summed E-state index contributed by atoms with van der Waals surface area (Å²) in [6, 6.07) is 15.7. The van der Waals surface area contributed by atoms with Crippen LogP contribution in [0.15, 0.2) is 59.5 Å². The number of aryl methyl sites for hydroxylation is 1. The third-order valence-electron chi connectivity index (χ3n) is 5.81. The van der Waals surface area contributed by atoms with Crippen molar-refractivity contribution in [3.05, 3.63) is 65.7 Å². The van der Waals surface area contributed by atoms with Crippen molar-refractivity contribution in [2.24, 2.45) is 5.92 Å². The smallest absolute Gasteiger partial charge is 0.242 e. The van der Waals surface area contributed by atoms with Gasteiger partial charge in [0.25, 0.3) is 0 Å². The van der Waals surface area contributed by atoms with Gasteiger partial charge in [0.15, 0.2) is 0 Å². The van der Waals surface area contributed by atoms with Crippen LogP contribution in [-0.2, 0) is 32.6 Å². The Labute approximate surface area is 203 Å². The van der Waals surface area contributed by atoms with Crippen LogP contribution in [0.25, 0.3) is 0 Å². The van der Waals surface area contributed by atoms with Crippen molar-refractivity contribution in [1.29, 1.82) is 0 Å². The molecule has 1 atom stereocenters. The molecular weight excluding hydrogens is 450 g/mol. The largest absolute Gasteiger partial charge is 0.354 e. The summed E-state index contributed by atoms with van der Waals surface area (Å²) in [5, 5.41) is 2.92. The number of nitrogens with one attached hydrogen (secondary N) is 2. The molecule has 0 radical (unpaired) electrons. The van der Waals surface area contributed by atoms with E-state index in [9.17, 15) is 18.0 Å². The van der Waals surface area contributed by atoms with Gasteiger partial charge in [0.05, 0.1) is 4.90 Å². The number of nitrogens with zero attached hydrogens (tertiary/aromatic N) is 1. The highest BCUT2D eigenvalue weighted by Crippen LogP contribution is 2.22. The average molecular weight is 486 g/mol. The van der Waals surface area contributed by atoms with E-state index in [2.05, 4.69) is 10.0 Å². The summed E-state index contributed by atoms with van der Waals surface area (Å²) in [5.74, 6) is 0.0273. The predicted molar refractivity (Wildman–Crippen MR) is 132 cm³/mol. The Bertz CT molecular complexity index is 1060. The Morgan fingerprint density at radius 3 is 2.21 bits per heavy atom. The van der Waals surface area contributed by atoms with Gasteiger partial charge in [-0.15, -0.1) is 0 Å². The quantitative estimate of drug-likeness (QED) is 0.482. The van der Waals surface area contributed by atoms with E-state index < -0.39 is 16.1 Å². The lowest BCUT2D eigenvalue weighted by Gasteiger charge is -2.29. The molecule has 2 aromatic rings. The molecule has 0 bridgehead atoms. The third kappa shape index (κ3) is 7.67. The van der Waals surface area contributed by atoms with Gasteiger partial charge in [-0.05, 0) is 55.4 Å². The standard InChI is InChI=1S/C26H35N3O4S/c1-19(2)17-27-26(31)20(3)29(18-22-7-5-4-6-8-22)25(30)16-11-21-9-14-24(15-10-21)34(32,33)28-23-12-13-23/h4-10,14-15,19-20,23,28H,11-13,16-18H2,1-3H3,(H,27,31)/t20-/m1/s1. The van der Waals surface area contributed by atoms with Crippen molar-refractivity contribution in [3.63, 3.8) is 0 Å². The normalized spacial score (nSPS) is 14.6. The first-order valence-corrected chi connectivity index (χ1v) is 13.4. The number of hydrogen-bond acceptors (Lipinski definition) is 4. The molecule has 1 aliphatic rings. The zero-order chi connectivity index (χ0) is 24.7. The fourth-order valence-electron chi connectivity index (χ4n) is 3.53. The first kappa shape index (κ1) is 25.9. The second-order valence-corrected chi connectivity index (χ2v) is 11.1. The molecule has 0 aliphatic heterocycles. The summed E-state index contributed by atoms with van der Waals surface area (Å²) < 4.78 is 27.4. The highest BCUT2D eigenvalue weighted by atomic mass is 32.2. The molecule has 3 rings (SSSR count). The first-order valence-electron chi connectivity index (χ1n) is 11.9. The molecule has 0 heterocycles. The van der Waals surface area contributed by atoms with E-state index in [1.165, 1.54) is 0 Å². The maximum absolute atomic E-state index is 13.2. The van der Waals surface area contributed by atoms with Gasteiger partial charge in [0.2, 0.25) is 21.8 Å². The van der Waals surface area contributed by atoms with Gasteiger partial charge in [-0.2, -0.15) is 0 Å². The van der Waals surface area contributed by atoms with Crippen LogP contribution in [0.1, 0.15) is 51.2 Å². The number of carbonyl (C=O) groups is 2. The highest BCUT2D eigenvalue weighted by Gasteiger charge is 2.28. The van der Waals surface area contributed by atoms with Gasteiger partial charge >= 0.3 is 0 Å². The maximum Gasteiger partial charge on any atom is 0.242 e. The number of benzene rings is 2. The van der Waals surface area contributed by atoms with E-state index >= 15 is 0 Å². The van der Waals surface area contributed by atoms with Crippen LogP contribution in [0.5, 0.6) is 0 Å². The van der Waals surface area contributed by atoms with Gasteiger partial charge < -0.3 is 10.2 Å². The fourth-order valence-corrected chi connectivity index (χ4v) is 4.84. The number of amides is 2. The molecule has 0 spiro atoms. The van der Waals surface area contributed by atoms with E-state index in [0.717, 1.165) is 24.0 Å². The van der Waals surface area contributed by atoms with Crippen molar-refractivity contribution >= 4 is 21.8 Å². The summed E-state index contributed by atoms with van der Waals surface area (Å²) >= 11 is 0. The summed E-state index contributed by atoms with van der Waals surface area (Å²) in [6.07, 6.45) is 2.45. The SMILES string of the molecule is CC(C)CNC(=O)[C@@H](C)N(Cc1ccccc1)C(=O)CCc1ccc(S(=O)(=O)NC2CC2)cc1. The van der Waals surface area contributed by atoms with E-state index in [1.807, 2.05) is 44.2 Å². The molecule has 1 aliphatic carbocycles. The summed E-state index contributed by atoms with van der Waals surface area (Å²) in [4.78, 5) is 27.7. The minimum absolute atomic E-state index is 0.0534. The Morgan fingerprint density at radius 2 is 1.62 bits per heavy atom. The van der Waals surface area contributed by atoms with Gasteiger partial charge in [0.1, 0.15) is 6.04 Å². The van der Waals surface area contributed by atoms with Crippen LogP contribution in [0.4, 0.5) is 0 Å². The lowest BCUT2D eigenvalue weighted by atomic mass is 10.1. The van der Waals surface area contributed by atoms with E-state index in [-0.39, 0.29) is 29.2 Å². The molecular formula is C26H35N3O4S. The topological polar surface area (TPSA) is 95.6 Å². The van der Waals surface area contributed by atoms with Crippen LogP contribution < -0.4 is 10.0 Å². The molecule has 0 aromatic heterocycles. The van der Waals surface area contributed by atoms with Crippen LogP contribution in [0.3, 0.4) is 0 Å². The Hall–Kier alpha value is -2.71. The van der Waals surface area contributed by atoms with Gasteiger partial charge in [-0.25, -0.2) is 13.1 Å². The molecule has 8 heteroatoms. The molecule has 1 saturated carbocycles. The molecule has 7 nitrogen and oxygen atoms in total. The van der Waals surface area contributed by atoms with E-state index in [4.69, 9.17) is 0 Å². The average Bonchev–Trinajstić information content (AvgIpc) is 3.63. The first-order chi connectivity index (χ1) is 16.2. The lowest BCUT2D eigenvalue weighted by Crippen LogP contribution is -2.48. The number of rotatable bonds is 12. The number of sulfonamides is 1. The highest BCUT2D eigenvalue weighted by molar-refractivity contribution is 7.89. The molecule has 34 heavy (non-hydrogen) atoms. The molecule has 0 saturated heterocycles. The molecule has 0 unspecified atom stereocenters. The number of hydrogen-bond donors (Lipinski definition) is 2. The number of carbonyl (C=O) groups excluding carboxylic acids is 2. The monoisotopic (exact) mass is 485 g/mol. The van der Waals surface area contributed by atoms with Crippen molar-refractivity contribution in [1.82, 2.24) is 14.9 Å². The van der Waals surface area contributed by atoms with Gasteiger partial charge in [-0.1, -0.05) is 56.3 Å². The maximum atomic E-state index is 13.2. The molecule has 2 N–H and O–H groups in total. The van der Waals surface area contributed by atoms with Gasteiger partial charge in [-0.3, -0.25) is 9.59 Å². The Balaban J connectivity index is 1.65. The Kier molecular flexibility index (Phi) is 8.85. The van der Waals surface area contributed by atoms with Gasteiger partial charge in [0, 0.05) is 25.6 Å². The van der Waals surface area contributed by atoms with Crippen LogP contribution in [0.2, 0.25) is 0 Å². The van der Waals surface area contributed by atoms with Crippen molar-refractivity contribution in [2.45, 2.75) is 70.0 Å². The van der Waals surface area contributed by atoms with Crippen molar-refractivity contribution < 1.29 is 18.0 Å². The second-order valence-electron chi connectivity index (χ2n) is 9.36. The zero-order valence-electron chi connectivity index (χ0n) is 20.2. The second kappa shape index (κ2) is 11.6. The van der Waals surface area contributed by atoms with Crippen LogP contribution in [-0.4, -0.2) is 43.8 Å². The van der Waals surface area contributed by atoms with E-state index in [1.54, 1.807) is 36.1 Å². The lowest BCUT2D eigenvalue weighted by molar-refractivity contribution is -0.140. The van der Waals surface area contributed by atoms with Crippen LogP contribution in [0, 0.1) is 5.92 Å². The van der Waals surface area contributed by atoms with E-state index in [0.29, 0.717) is 25.4 Å². The third-order valence-corrected chi connectivity index (χ3v) is 7.34. The minimum atomic E-state index is -3.50. The molecule has 2 aromatic carbocycles. The predicted octanol–water partition coefficient (Wildman–Crippen LogP) is 3.25. The molecule has 2 amide bonds. The fraction of sp³-hybridized carbons (Fsp3) is 0.462. The minimum Gasteiger partial charge on any atom is -0.354 e. The summed E-state index contributed by atoms with van der Waals surface area (Å²) in [5.41, 5.74) is 1.83. The Morgan fingerprint density at radius 1 is 0.971 bits per heavy atom. The molecule has 1 fully saturated rings.